The highest BCUT2D eigenvalue weighted by atomic mass is 35.5. The van der Waals surface area contributed by atoms with Gasteiger partial charge in [0.15, 0.2) is 0 Å². The fourth-order valence-electron chi connectivity index (χ4n) is 0. The van der Waals surface area contributed by atoms with Gasteiger partial charge in [-0.05, 0) is 0 Å². The molecule has 0 saturated heterocycles. The summed E-state index contributed by atoms with van der Waals surface area (Å²) in [7, 11) is -3.12. The molecule has 0 aromatic heterocycles. The molecule has 0 aliphatic carbocycles. The van der Waals surface area contributed by atoms with E-state index in [1.165, 1.54) is 0 Å². The van der Waals surface area contributed by atoms with E-state index in [2.05, 4.69) is 0 Å². The van der Waals surface area contributed by atoms with Crippen LogP contribution in [0.15, 0.2) is 0 Å². The van der Waals surface area contributed by atoms with Crippen molar-refractivity contribution in [2.45, 2.75) is 0 Å². The Morgan fingerprint density at radius 1 is 1.14 bits per heavy atom. The normalized spacial score (nSPS) is 4.86. The van der Waals surface area contributed by atoms with E-state index in [-0.39, 0.29) is 24.7 Å². The number of rotatable bonds is 0. The molecule has 0 heterocycles. The lowest BCUT2D eigenvalue weighted by molar-refractivity contribution is 0.509. The van der Waals surface area contributed by atoms with Crippen LogP contribution in [0.1, 0.15) is 0 Å². The average Bonchev–Trinajstić information content (AvgIpc) is 0.811. The Morgan fingerprint density at radius 2 is 1.14 bits per heavy atom. The monoisotopic (exact) mass is 152 g/mol. The van der Waals surface area contributed by atoms with E-state index in [4.69, 9.17) is 13.0 Å². The zero-order valence-corrected chi connectivity index (χ0v) is 5.24. The van der Waals surface area contributed by atoms with Crippen LogP contribution < -0.4 is 12.3 Å². The van der Waals surface area contributed by atoms with Crippen LogP contribution in [0, 0.1) is 0 Å². The summed E-state index contributed by atoms with van der Waals surface area (Å²) in [5.74, 6) is 0. The van der Waals surface area contributed by atoms with Crippen LogP contribution in [0.5, 0.6) is 0 Å². The van der Waals surface area contributed by atoms with Gasteiger partial charge in [0.2, 0.25) is 0 Å². The molecule has 0 bridgehead atoms. The average molecular weight is 153 g/mol. The Morgan fingerprint density at radius 3 is 1.14 bits per heavy atom. The maximum atomic E-state index is 8.59. The van der Waals surface area contributed by atoms with Gasteiger partial charge in [-0.3, -0.25) is 4.55 Å². The van der Waals surface area contributed by atoms with E-state index < -0.39 is 11.0 Å². The summed E-state index contributed by atoms with van der Waals surface area (Å²) in [6, 6.07) is 0. The van der Waals surface area contributed by atoms with Crippen molar-refractivity contribution in [3.05, 3.63) is 0 Å². The van der Waals surface area contributed by atoms with Crippen LogP contribution in [0.3, 0.4) is 0 Å². The molecule has 0 spiro atoms. The molecule has 5 nitrogen and oxygen atoms in total. The number of hydrogen-bond acceptors (Lipinski definition) is 4. The topological polar surface area (TPSA) is 124 Å². The zero-order valence-electron chi connectivity index (χ0n) is 3.53. The van der Waals surface area contributed by atoms with Gasteiger partial charge in [-0.2, -0.15) is 0 Å². The first-order valence-corrected chi connectivity index (χ1v) is 1.70. The second kappa shape index (κ2) is 16.5. The van der Waals surface area contributed by atoms with Crippen LogP contribution in [0.25, 0.3) is 0 Å². The van der Waals surface area contributed by atoms with Crippen LogP contribution in [0.2, 0.25) is 0 Å². The molecule has 7 heteroatoms. The van der Waals surface area contributed by atoms with Crippen molar-refractivity contribution in [1.82, 2.24) is 12.3 Å². The predicted molar refractivity (Wildman–Crippen MR) is 30.2 cm³/mol. The summed E-state index contributed by atoms with van der Waals surface area (Å²) in [4.78, 5) is 0. The molecular weight excluding hydrogens is 144 g/mol. The summed E-state index contributed by atoms with van der Waals surface area (Å²) < 4.78 is 24.2. The highest BCUT2D eigenvalue weighted by Gasteiger charge is 1.44. The zero-order chi connectivity index (χ0) is 3.58. The third-order valence-corrected chi connectivity index (χ3v) is 0. The molecular formula is H9ClN2O3S. The van der Waals surface area contributed by atoms with Gasteiger partial charge in [-0.1, -0.05) is 0 Å². The van der Waals surface area contributed by atoms with Gasteiger partial charge in [0.1, 0.15) is 0 Å². The lowest BCUT2D eigenvalue weighted by Gasteiger charge is -1.43. The first kappa shape index (κ1) is 27.4. The Balaban J connectivity index is -0.0000000150. The molecule has 0 aliphatic heterocycles. The van der Waals surface area contributed by atoms with Crippen molar-refractivity contribution in [3.8, 4) is 0 Å². The Bertz CT molecular complexity index is 61.3. The first-order chi connectivity index (χ1) is 1.73. The van der Waals surface area contributed by atoms with Crippen molar-refractivity contribution >= 4 is 23.4 Å². The SMILES string of the molecule is Cl.N.N.O=[SH](=O)O. The molecule has 0 aromatic rings. The van der Waals surface area contributed by atoms with Crippen molar-refractivity contribution < 1.29 is 13.0 Å². The van der Waals surface area contributed by atoms with Gasteiger partial charge in [0.25, 0.3) is 11.0 Å². The molecule has 50 valence electrons. The molecule has 0 saturated carbocycles. The van der Waals surface area contributed by atoms with Crippen LogP contribution in [0.4, 0.5) is 0 Å². The summed E-state index contributed by atoms with van der Waals surface area (Å²) in [6.45, 7) is 0. The fourth-order valence-corrected chi connectivity index (χ4v) is 0. The van der Waals surface area contributed by atoms with Crippen LogP contribution in [-0.4, -0.2) is 13.0 Å². The lowest BCUT2D eigenvalue weighted by atomic mass is 14.0. The Labute approximate surface area is 49.5 Å². The van der Waals surface area contributed by atoms with Gasteiger partial charge in [0.05, 0.1) is 0 Å². The second-order valence-corrected chi connectivity index (χ2v) is 0.714. The van der Waals surface area contributed by atoms with Crippen LogP contribution in [-0.2, 0) is 11.0 Å². The van der Waals surface area contributed by atoms with Crippen molar-refractivity contribution in [2.24, 2.45) is 0 Å². The second-order valence-electron chi connectivity index (χ2n) is 0.238. The Hall–Kier alpha value is 0.120. The van der Waals surface area contributed by atoms with Gasteiger partial charge in [-0.25, -0.2) is 8.42 Å². The van der Waals surface area contributed by atoms with Gasteiger partial charge >= 0.3 is 0 Å². The maximum absolute atomic E-state index is 8.59. The minimum absolute atomic E-state index is 0. The van der Waals surface area contributed by atoms with Gasteiger partial charge in [0, 0.05) is 0 Å². The van der Waals surface area contributed by atoms with Crippen molar-refractivity contribution in [3.63, 3.8) is 0 Å². The van der Waals surface area contributed by atoms with Crippen molar-refractivity contribution in [2.75, 3.05) is 0 Å². The molecule has 7 N–H and O–H groups in total. The van der Waals surface area contributed by atoms with E-state index >= 15 is 0 Å². The van der Waals surface area contributed by atoms with Gasteiger partial charge < -0.3 is 12.3 Å². The third-order valence-electron chi connectivity index (χ3n) is 0. The molecule has 0 radical (unpaired) electrons. The van der Waals surface area contributed by atoms with Crippen LogP contribution >= 0.6 is 12.4 Å². The standard InChI is InChI=1S/ClH.2H3N.H2O3S/c;;;1-4(2)3/h1H;2*1H3;4H,(H,1,2,3). The number of halogens is 1. The molecule has 7 heavy (non-hydrogen) atoms. The predicted octanol–water partition coefficient (Wildman–Crippen LogP) is -0.183. The quantitative estimate of drug-likeness (QED) is 0.283. The maximum Gasteiger partial charge on any atom is 0.254 e. The fraction of sp³-hybridized carbons (Fsp3) is 0. The minimum atomic E-state index is -3.12. The van der Waals surface area contributed by atoms with E-state index in [0.29, 0.717) is 0 Å². The Kier molecular flexibility index (Phi) is 64.5. The molecule has 0 aliphatic rings. The summed E-state index contributed by atoms with van der Waals surface area (Å²) in [5, 5.41) is 0. The third kappa shape index (κ3) is 7210. The summed E-state index contributed by atoms with van der Waals surface area (Å²) >= 11 is 0. The van der Waals surface area contributed by atoms with E-state index in [9.17, 15) is 0 Å². The highest BCUT2D eigenvalue weighted by Crippen LogP contribution is 1.27. The molecule has 0 amide bonds. The smallest absolute Gasteiger partial charge is 0.254 e. The first-order valence-electron chi connectivity index (χ1n) is 0.565. The highest BCUT2D eigenvalue weighted by molar-refractivity contribution is 7.66. The number of thiol groups is 1. The summed E-state index contributed by atoms with van der Waals surface area (Å²) in [5.41, 5.74) is 0. The molecule has 0 fully saturated rings. The molecule has 0 rings (SSSR count). The minimum Gasteiger partial charge on any atom is -0.344 e. The van der Waals surface area contributed by atoms with E-state index in [1.54, 1.807) is 0 Å². The molecule has 0 unspecified atom stereocenters. The summed E-state index contributed by atoms with van der Waals surface area (Å²) in [6.07, 6.45) is 0. The van der Waals surface area contributed by atoms with E-state index in [0.717, 1.165) is 0 Å². The van der Waals surface area contributed by atoms with Gasteiger partial charge in [-0.15, -0.1) is 12.4 Å². The molecule has 0 aromatic carbocycles. The largest absolute Gasteiger partial charge is 0.344 e. The van der Waals surface area contributed by atoms with Crippen molar-refractivity contribution in [1.29, 1.82) is 0 Å². The van der Waals surface area contributed by atoms with E-state index in [1.807, 2.05) is 0 Å². The lowest BCUT2D eigenvalue weighted by Crippen LogP contribution is -1.58. The number of hydrogen-bond donors (Lipinski definition) is 4. The molecule has 0 atom stereocenters.